The molecular formula is C34H38BFN2O. The summed E-state index contributed by atoms with van der Waals surface area (Å²) in [4.78, 5) is 0. The van der Waals surface area contributed by atoms with Crippen molar-refractivity contribution in [2.45, 2.75) is 58.8 Å². The number of benzene rings is 1. The predicted octanol–water partition coefficient (Wildman–Crippen LogP) is 7.22. The van der Waals surface area contributed by atoms with Crippen LogP contribution < -0.4 is 10.6 Å². The molecule has 39 heavy (non-hydrogen) atoms. The number of rotatable bonds is 5. The van der Waals surface area contributed by atoms with Crippen molar-refractivity contribution < 1.29 is 9.13 Å². The lowest BCUT2D eigenvalue weighted by Gasteiger charge is -2.31. The Morgan fingerprint density at radius 1 is 1.00 bits per heavy atom. The van der Waals surface area contributed by atoms with E-state index in [1.165, 1.54) is 34.2 Å². The van der Waals surface area contributed by atoms with E-state index in [2.05, 4.69) is 87.0 Å². The first-order chi connectivity index (χ1) is 19.0. The van der Waals surface area contributed by atoms with Crippen LogP contribution in [0.1, 0.15) is 63.5 Å². The number of nitrogens with one attached hydrogen (secondary N) is 2. The third-order valence-corrected chi connectivity index (χ3v) is 8.80. The van der Waals surface area contributed by atoms with E-state index < -0.39 is 0 Å². The summed E-state index contributed by atoms with van der Waals surface area (Å²) in [6.45, 7) is 4.72. The van der Waals surface area contributed by atoms with Gasteiger partial charge in [-0.15, -0.1) is 0 Å². The molecule has 2 unspecified atom stereocenters. The minimum Gasteiger partial charge on any atom is -0.443 e. The molecule has 1 heterocycles. The van der Waals surface area contributed by atoms with Crippen LogP contribution >= 0.6 is 0 Å². The van der Waals surface area contributed by atoms with Crippen molar-refractivity contribution in [2.75, 3.05) is 0 Å². The van der Waals surface area contributed by atoms with E-state index in [4.69, 9.17) is 4.74 Å². The number of allylic oxidation sites excluding steroid dienone is 12. The molecule has 2 N–H and O–H groups in total. The normalized spacial score (nSPS) is 29.3. The first-order valence-electron chi connectivity index (χ1n) is 14.5. The Balaban J connectivity index is 1.46. The maximum absolute atomic E-state index is 13.7. The summed E-state index contributed by atoms with van der Waals surface area (Å²) in [5.74, 6) is 2.85. The molecule has 0 amide bonds. The van der Waals surface area contributed by atoms with Gasteiger partial charge in [-0.25, -0.2) is 4.39 Å². The highest BCUT2D eigenvalue weighted by molar-refractivity contribution is 6.27. The van der Waals surface area contributed by atoms with Crippen LogP contribution in [0.5, 0.6) is 0 Å². The summed E-state index contributed by atoms with van der Waals surface area (Å²) in [6.07, 6.45) is 20.7. The van der Waals surface area contributed by atoms with Crippen molar-refractivity contribution in [3.05, 3.63) is 124 Å². The molecule has 0 spiro atoms. The zero-order valence-corrected chi connectivity index (χ0v) is 23.3. The van der Waals surface area contributed by atoms with Crippen LogP contribution in [-0.4, -0.2) is 7.85 Å². The first kappa shape index (κ1) is 25.8. The topological polar surface area (TPSA) is 33.3 Å². The fraction of sp³-hybridized carbons (Fsp3) is 0.353. The van der Waals surface area contributed by atoms with Gasteiger partial charge in [0.25, 0.3) is 0 Å². The largest absolute Gasteiger partial charge is 0.443 e. The molecule has 6 rings (SSSR count). The summed E-state index contributed by atoms with van der Waals surface area (Å²) in [5.41, 5.74) is 10.2. The van der Waals surface area contributed by atoms with Crippen LogP contribution in [0.4, 0.5) is 4.39 Å². The van der Waals surface area contributed by atoms with Crippen molar-refractivity contribution in [3.63, 3.8) is 0 Å². The molecule has 1 aromatic carbocycles. The van der Waals surface area contributed by atoms with Gasteiger partial charge in [0.2, 0.25) is 5.88 Å². The molecule has 0 bridgehead atoms. The van der Waals surface area contributed by atoms with Gasteiger partial charge in [0.05, 0.1) is 11.6 Å². The molecule has 0 aromatic heterocycles. The summed E-state index contributed by atoms with van der Waals surface area (Å²) in [6, 6.07) is 8.92. The SMILES string of the molecule is BC1=C(/C2=C(NC3=C(NC4=CC=C(F)CC4)C4CC=CC=C4O3)/C=C\CCC(C)C2)c2ccccc2C[C@H]1C. The molecule has 0 fully saturated rings. The fourth-order valence-electron chi connectivity index (χ4n) is 6.44. The van der Waals surface area contributed by atoms with Crippen LogP contribution in [-0.2, 0) is 11.2 Å². The second-order valence-corrected chi connectivity index (χ2v) is 11.7. The Hall–Kier alpha value is -3.47. The van der Waals surface area contributed by atoms with Crippen molar-refractivity contribution in [3.8, 4) is 0 Å². The quantitative estimate of drug-likeness (QED) is 0.402. The molecule has 1 aliphatic heterocycles. The van der Waals surface area contributed by atoms with Gasteiger partial charge in [-0.1, -0.05) is 61.8 Å². The Bertz CT molecular complexity index is 1420. The molecule has 5 heteroatoms. The van der Waals surface area contributed by atoms with Gasteiger partial charge in [0.15, 0.2) is 0 Å². The van der Waals surface area contributed by atoms with Gasteiger partial charge in [-0.2, -0.15) is 0 Å². The number of ether oxygens (including phenoxy) is 1. The summed E-state index contributed by atoms with van der Waals surface area (Å²) in [5, 5.41) is 7.44. The zero-order valence-electron chi connectivity index (χ0n) is 23.3. The Labute approximate surface area is 233 Å². The lowest BCUT2D eigenvalue weighted by atomic mass is 9.68. The summed E-state index contributed by atoms with van der Waals surface area (Å²) >= 11 is 0. The Morgan fingerprint density at radius 2 is 1.87 bits per heavy atom. The van der Waals surface area contributed by atoms with Crippen LogP contribution in [0.15, 0.2) is 112 Å². The van der Waals surface area contributed by atoms with Crippen LogP contribution in [0.3, 0.4) is 0 Å². The molecular weight excluding hydrogens is 482 g/mol. The average Bonchev–Trinajstić information content (AvgIpc) is 3.27. The van der Waals surface area contributed by atoms with Gasteiger partial charge in [-0.05, 0) is 96.9 Å². The van der Waals surface area contributed by atoms with E-state index in [9.17, 15) is 4.39 Å². The highest BCUT2D eigenvalue weighted by Crippen LogP contribution is 2.43. The zero-order chi connectivity index (χ0) is 26.9. The van der Waals surface area contributed by atoms with Gasteiger partial charge >= 0.3 is 0 Å². The molecule has 0 saturated carbocycles. The average molecular weight is 521 g/mol. The summed E-state index contributed by atoms with van der Waals surface area (Å²) < 4.78 is 20.2. The molecule has 200 valence electrons. The fourth-order valence-corrected chi connectivity index (χ4v) is 6.44. The number of halogens is 1. The smallest absolute Gasteiger partial charge is 0.217 e. The molecule has 5 aliphatic rings. The molecule has 3 nitrogen and oxygen atoms in total. The molecule has 0 saturated heterocycles. The minimum atomic E-state index is -0.0639. The molecule has 0 radical (unpaired) electrons. The first-order valence-corrected chi connectivity index (χ1v) is 14.5. The van der Waals surface area contributed by atoms with E-state index in [1.807, 2.05) is 6.08 Å². The Kier molecular flexibility index (Phi) is 7.25. The number of fused-ring (bicyclic) bond motifs is 2. The van der Waals surface area contributed by atoms with Crippen LogP contribution in [0.2, 0.25) is 0 Å². The van der Waals surface area contributed by atoms with Crippen LogP contribution in [0.25, 0.3) is 5.57 Å². The van der Waals surface area contributed by atoms with Gasteiger partial charge in [0.1, 0.15) is 19.4 Å². The third kappa shape index (κ3) is 5.24. The predicted molar refractivity (Wildman–Crippen MR) is 160 cm³/mol. The number of hydrogen-bond acceptors (Lipinski definition) is 3. The van der Waals surface area contributed by atoms with Crippen molar-refractivity contribution in [1.29, 1.82) is 0 Å². The van der Waals surface area contributed by atoms with E-state index in [-0.39, 0.29) is 11.7 Å². The second kappa shape index (κ2) is 11.0. The van der Waals surface area contributed by atoms with Crippen molar-refractivity contribution in [1.82, 2.24) is 10.6 Å². The van der Waals surface area contributed by atoms with E-state index >= 15 is 0 Å². The van der Waals surface area contributed by atoms with Gasteiger partial charge < -0.3 is 15.4 Å². The standard InChI is InChI=1S/C34H38BFN2O/c1-21-9-3-7-13-29(28(19-21)31-26-11-5-4-10-23(26)20-22(2)32(31)35)38-34-33(27-12-6-8-14-30(27)39-34)37-25-17-15-24(36)16-18-25/h4-8,10-11,13-15,17,21-22,27,37-38H,3,9,12,16,18-20,35H2,1-2H3/b13-7-,29-28-/t21?,22-,27?/m1/s1. The molecule has 3 atom stereocenters. The van der Waals surface area contributed by atoms with Gasteiger partial charge in [-0.3, -0.25) is 0 Å². The lowest BCUT2D eigenvalue weighted by Crippen LogP contribution is -2.25. The van der Waals surface area contributed by atoms with Crippen molar-refractivity contribution >= 4 is 13.4 Å². The molecule has 1 aromatic rings. The van der Waals surface area contributed by atoms with Crippen molar-refractivity contribution in [2.24, 2.45) is 17.8 Å². The van der Waals surface area contributed by atoms with E-state index in [1.54, 1.807) is 6.08 Å². The molecule has 4 aliphatic carbocycles. The highest BCUT2D eigenvalue weighted by atomic mass is 19.1. The Morgan fingerprint density at radius 3 is 2.72 bits per heavy atom. The van der Waals surface area contributed by atoms with E-state index in [0.29, 0.717) is 24.7 Å². The van der Waals surface area contributed by atoms with E-state index in [0.717, 1.165) is 54.4 Å². The monoisotopic (exact) mass is 520 g/mol. The third-order valence-electron chi connectivity index (χ3n) is 8.80. The minimum absolute atomic E-state index is 0.0639. The van der Waals surface area contributed by atoms with Crippen LogP contribution in [0, 0.1) is 17.8 Å². The lowest BCUT2D eigenvalue weighted by molar-refractivity contribution is 0.284. The maximum Gasteiger partial charge on any atom is 0.217 e. The summed E-state index contributed by atoms with van der Waals surface area (Å²) in [7, 11) is 2.32. The number of hydrogen-bond donors (Lipinski definition) is 2. The second-order valence-electron chi connectivity index (χ2n) is 11.7. The highest BCUT2D eigenvalue weighted by Gasteiger charge is 2.35. The maximum atomic E-state index is 13.7. The van der Waals surface area contributed by atoms with Gasteiger partial charge in [0, 0.05) is 17.8 Å².